The predicted octanol–water partition coefficient (Wildman–Crippen LogP) is 2.28. The van der Waals surface area contributed by atoms with Crippen molar-refractivity contribution < 1.29 is 14.3 Å². The number of ketones is 1. The van der Waals surface area contributed by atoms with Gasteiger partial charge in [-0.25, -0.2) is 0 Å². The third kappa shape index (κ3) is 3.14. The van der Waals surface area contributed by atoms with Gasteiger partial charge in [0.2, 0.25) is 0 Å². The van der Waals surface area contributed by atoms with Gasteiger partial charge < -0.3 is 4.74 Å². The van der Waals surface area contributed by atoms with Crippen LogP contribution in [0.25, 0.3) is 0 Å². The van der Waals surface area contributed by atoms with Gasteiger partial charge >= 0.3 is 0 Å². The van der Waals surface area contributed by atoms with E-state index in [1.165, 1.54) is 18.7 Å². The Morgan fingerprint density at radius 1 is 1.50 bits per heavy atom. The van der Waals surface area contributed by atoms with Crippen molar-refractivity contribution in [1.82, 2.24) is 0 Å². The maximum Gasteiger partial charge on any atom is 0.186 e. The monoisotopic (exact) mass is 260 g/mol. The number of carbonyl (C=O) groups is 2. The van der Waals surface area contributed by atoms with Gasteiger partial charge in [-0.3, -0.25) is 9.59 Å². The molecule has 3 nitrogen and oxygen atoms in total. The molecule has 0 aliphatic carbocycles. The molecule has 0 spiro atoms. The van der Waals surface area contributed by atoms with Gasteiger partial charge in [-0.15, -0.1) is 0 Å². The van der Waals surface area contributed by atoms with Crippen LogP contribution in [0.5, 0.6) is 5.75 Å². The highest BCUT2D eigenvalue weighted by atomic mass is 32.2. The molecule has 0 saturated carbocycles. The maximum absolute atomic E-state index is 11.6. The largest absolute Gasteiger partial charge is 0.492 e. The number of hydrogen-bond acceptors (Lipinski definition) is 4. The smallest absolute Gasteiger partial charge is 0.186 e. The van der Waals surface area contributed by atoms with E-state index in [0.717, 1.165) is 5.56 Å². The minimum atomic E-state index is 0.0590. The molecule has 0 N–H and O–H groups in total. The van der Waals surface area contributed by atoms with Crippen LogP contribution in [-0.4, -0.2) is 23.3 Å². The van der Waals surface area contributed by atoms with Crippen molar-refractivity contribution in [3.05, 3.63) is 29.3 Å². The van der Waals surface area contributed by atoms with Gasteiger partial charge in [0.05, 0.1) is 17.9 Å². The lowest BCUT2D eigenvalue weighted by Gasteiger charge is -2.15. The third-order valence-electron chi connectivity index (χ3n) is 2.45. The molecule has 1 aromatic rings. The van der Waals surface area contributed by atoms with Crippen molar-refractivity contribution in [3.63, 3.8) is 0 Å². The van der Waals surface area contributed by atoms with E-state index in [9.17, 15) is 9.59 Å². The van der Waals surface area contributed by atoms with E-state index in [-0.39, 0.29) is 10.9 Å². The van der Waals surface area contributed by atoms with Gasteiger partial charge in [-0.2, -0.15) is 0 Å². The summed E-state index contributed by atoms with van der Waals surface area (Å²) in [7, 11) is 0. The lowest BCUT2D eigenvalue weighted by Crippen LogP contribution is -2.15. The Morgan fingerprint density at radius 3 is 3.11 bits per heavy atom. The van der Waals surface area contributed by atoms with Gasteiger partial charge in [0.15, 0.2) is 10.9 Å². The van der Waals surface area contributed by atoms with E-state index in [1.54, 1.807) is 18.2 Å². The minimum absolute atomic E-state index is 0.0590. The Kier molecular flexibility index (Phi) is 4.06. The SMILES string of the molecule is CC(=O)SCC#Cc1ccc2c(c1)OCCC2=O. The van der Waals surface area contributed by atoms with Crippen molar-refractivity contribution in [2.75, 3.05) is 12.4 Å². The molecule has 0 radical (unpaired) electrons. The fourth-order valence-corrected chi connectivity index (χ4v) is 1.96. The third-order valence-corrected chi connectivity index (χ3v) is 3.14. The van der Waals surface area contributed by atoms with Crippen molar-refractivity contribution >= 4 is 22.7 Å². The Balaban J connectivity index is 2.11. The maximum atomic E-state index is 11.6. The lowest BCUT2D eigenvalue weighted by atomic mass is 10.0. The van der Waals surface area contributed by atoms with Crippen LogP contribution in [0.1, 0.15) is 29.3 Å². The van der Waals surface area contributed by atoms with Crippen LogP contribution in [-0.2, 0) is 4.79 Å². The van der Waals surface area contributed by atoms with Crippen molar-refractivity contribution in [2.45, 2.75) is 13.3 Å². The van der Waals surface area contributed by atoms with Crippen LogP contribution in [0, 0.1) is 11.8 Å². The summed E-state index contributed by atoms with van der Waals surface area (Å²) in [6.07, 6.45) is 0.438. The summed E-state index contributed by atoms with van der Waals surface area (Å²) in [5.41, 5.74) is 1.43. The molecule has 0 atom stereocenters. The molecular weight excluding hydrogens is 248 g/mol. The van der Waals surface area contributed by atoms with Crippen molar-refractivity contribution in [3.8, 4) is 17.6 Å². The number of Topliss-reactive ketones (excluding diaryl/α,β-unsaturated/α-hetero) is 1. The van der Waals surface area contributed by atoms with Crippen LogP contribution in [0.4, 0.5) is 0 Å². The summed E-state index contributed by atoms with van der Waals surface area (Å²) >= 11 is 1.18. The van der Waals surface area contributed by atoms with Gasteiger partial charge in [-0.1, -0.05) is 23.6 Å². The van der Waals surface area contributed by atoms with E-state index < -0.39 is 0 Å². The first-order valence-electron chi connectivity index (χ1n) is 5.59. The van der Waals surface area contributed by atoms with Gasteiger partial charge in [0.1, 0.15) is 5.75 Å². The van der Waals surface area contributed by atoms with E-state index >= 15 is 0 Å². The zero-order valence-electron chi connectivity index (χ0n) is 9.99. The Hall–Kier alpha value is -1.73. The van der Waals surface area contributed by atoms with Crippen LogP contribution < -0.4 is 4.74 Å². The molecule has 1 heterocycles. The highest BCUT2D eigenvalue weighted by molar-refractivity contribution is 8.13. The molecule has 0 unspecified atom stereocenters. The van der Waals surface area contributed by atoms with E-state index in [1.807, 2.05) is 0 Å². The van der Waals surface area contributed by atoms with Crippen LogP contribution in [0.15, 0.2) is 18.2 Å². The first-order valence-corrected chi connectivity index (χ1v) is 6.57. The second kappa shape index (κ2) is 5.74. The zero-order valence-corrected chi connectivity index (χ0v) is 10.8. The predicted molar refractivity (Wildman–Crippen MR) is 70.9 cm³/mol. The Morgan fingerprint density at radius 2 is 2.33 bits per heavy atom. The molecule has 4 heteroatoms. The van der Waals surface area contributed by atoms with E-state index in [2.05, 4.69) is 11.8 Å². The highest BCUT2D eigenvalue weighted by Gasteiger charge is 2.17. The van der Waals surface area contributed by atoms with Crippen LogP contribution in [0.3, 0.4) is 0 Å². The molecular formula is C14H12O3S. The molecule has 0 amide bonds. The fraction of sp³-hybridized carbons (Fsp3) is 0.286. The topological polar surface area (TPSA) is 43.4 Å². The molecule has 92 valence electrons. The zero-order chi connectivity index (χ0) is 13.0. The van der Waals surface area contributed by atoms with E-state index in [0.29, 0.717) is 30.1 Å². The molecule has 18 heavy (non-hydrogen) atoms. The normalized spacial score (nSPS) is 13.1. The van der Waals surface area contributed by atoms with Gasteiger partial charge in [0.25, 0.3) is 0 Å². The average Bonchev–Trinajstić information content (AvgIpc) is 2.35. The summed E-state index contributed by atoms with van der Waals surface area (Å²) in [6.45, 7) is 1.95. The average molecular weight is 260 g/mol. The number of fused-ring (bicyclic) bond motifs is 1. The molecule has 1 aromatic carbocycles. The van der Waals surface area contributed by atoms with Crippen LogP contribution in [0.2, 0.25) is 0 Å². The number of ether oxygens (including phenoxy) is 1. The quantitative estimate of drug-likeness (QED) is 0.727. The Labute approximate surface area is 110 Å². The minimum Gasteiger partial charge on any atom is -0.492 e. The standard InChI is InChI=1S/C14H12O3S/c1-10(15)18-8-2-3-11-4-5-12-13(16)6-7-17-14(12)9-11/h4-5,9H,6-8H2,1H3. The van der Waals surface area contributed by atoms with Crippen molar-refractivity contribution in [1.29, 1.82) is 0 Å². The summed E-state index contributed by atoms with van der Waals surface area (Å²) < 4.78 is 5.43. The molecule has 0 fully saturated rings. The molecule has 2 rings (SSSR count). The molecule has 0 bridgehead atoms. The van der Waals surface area contributed by atoms with Gasteiger partial charge in [0, 0.05) is 18.9 Å². The number of hydrogen-bond donors (Lipinski definition) is 0. The number of benzene rings is 1. The van der Waals surface area contributed by atoms with E-state index in [4.69, 9.17) is 4.74 Å². The number of thioether (sulfide) groups is 1. The molecule has 0 aromatic heterocycles. The number of rotatable bonds is 1. The first kappa shape index (κ1) is 12.7. The van der Waals surface area contributed by atoms with Crippen molar-refractivity contribution in [2.24, 2.45) is 0 Å². The Bertz CT molecular complexity index is 552. The van der Waals surface area contributed by atoms with Crippen LogP contribution >= 0.6 is 11.8 Å². The lowest BCUT2D eigenvalue weighted by molar-refractivity contribution is -0.109. The second-order valence-corrected chi connectivity index (χ2v) is 4.97. The number of carbonyl (C=O) groups excluding carboxylic acids is 2. The molecule has 1 aliphatic heterocycles. The fourth-order valence-electron chi connectivity index (χ4n) is 1.61. The van der Waals surface area contributed by atoms with Gasteiger partial charge in [-0.05, 0) is 18.2 Å². The summed E-state index contributed by atoms with van der Waals surface area (Å²) in [5, 5.41) is 0.0590. The summed E-state index contributed by atoms with van der Waals surface area (Å²) in [5.74, 6) is 7.05. The molecule has 0 saturated heterocycles. The molecule has 1 aliphatic rings. The summed E-state index contributed by atoms with van der Waals surface area (Å²) in [4.78, 5) is 22.3. The highest BCUT2D eigenvalue weighted by Crippen LogP contribution is 2.25. The second-order valence-electron chi connectivity index (χ2n) is 3.81. The first-order chi connectivity index (χ1) is 8.66. The summed E-state index contributed by atoms with van der Waals surface area (Å²) in [6, 6.07) is 5.33.